The van der Waals surface area contributed by atoms with E-state index in [-0.39, 0.29) is 6.03 Å². The average Bonchev–Trinajstić information content (AvgIpc) is 2.86. The number of rotatable bonds is 3. The molecule has 3 heterocycles. The summed E-state index contributed by atoms with van der Waals surface area (Å²) in [6.07, 6.45) is 1.96. The molecular weight excluding hydrogens is 292 g/mol. The van der Waals surface area contributed by atoms with Crippen LogP contribution in [0, 0.1) is 6.92 Å². The lowest BCUT2D eigenvalue weighted by Gasteiger charge is -2.36. The Morgan fingerprint density at radius 1 is 1.13 bits per heavy atom. The zero-order chi connectivity index (χ0) is 16.6. The number of nitrogens with zero attached hydrogens (tertiary/aromatic N) is 6. The maximum atomic E-state index is 12.1. The van der Waals surface area contributed by atoms with Gasteiger partial charge in [-0.1, -0.05) is 0 Å². The van der Waals surface area contributed by atoms with E-state index in [1.165, 1.54) is 0 Å². The molecule has 7 nitrogen and oxygen atoms in total. The van der Waals surface area contributed by atoms with Crippen LogP contribution >= 0.6 is 0 Å². The van der Waals surface area contributed by atoms with Crippen molar-refractivity contribution in [1.29, 1.82) is 0 Å². The van der Waals surface area contributed by atoms with Crippen molar-refractivity contribution in [2.24, 2.45) is 0 Å². The lowest BCUT2D eigenvalue weighted by Crippen LogP contribution is -2.46. The topological polar surface area (TPSA) is 55.8 Å². The van der Waals surface area contributed by atoms with Gasteiger partial charge in [-0.2, -0.15) is 4.98 Å². The third kappa shape index (κ3) is 3.18. The summed E-state index contributed by atoms with van der Waals surface area (Å²) in [5.74, 6) is 1.74. The summed E-state index contributed by atoms with van der Waals surface area (Å²) in [5.41, 5.74) is 0.983. The van der Waals surface area contributed by atoms with E-state index in [9.17, 15) is 4.79 Å². The monoisotopic (exact) mass is 318 g/mol. The number of anilines is 2. The molecule has 2 fully saturated rings. The molecule has 7 heteroatoms. The largest absolute Gasteiger partial charge is 0.363 e. The summed E-state index contributed by atoms with van der Waals surface area (Å²) < 4.78 is 0. The Hall–Kier alpha value is -2.05. The van der Waals surface area contributed by atoms with Crippen LogP contribution in [0.15, 0.2) is 6.07 Å². The second-order valence-corrected chi connectivity index (χ2v) is 6.68. The van der Waals surface area contributed by atoms with Gasteiger partial charge >= 0.3 is 6.03 Å². The fourth-order valence-corrected chi connectivity index (χ4v) is 3.29. The van der Waals surface area contributed by atoms with E-state index in [4.69, 9.17) is 0 Å². The number of hydrogen-bond acceptors (Lipinski definition) is 5. The van der Waals surface area contributed by atoms with Crippen LogP contribution in [0.4, 0.5) is 16.6 Å². The molecule has 23 heavy (non-hydrogen) atoms. The highest BCUT2D eigenvalue weighted by Gasteiger charge is 2.34. The number of amides is 2. The number of aromatic nitrogens is 2. The summed E-state index contributed by atoms with van der Waals surface area (Å²) in [6, 6.07) is 2.52. The van der Waals surface area contributed by atoms with Crippen LogP contribution in [0.1, 0.15) is 18.5 Å². The van der Waals surface area contributed by atoms with Gasteiger partial charge in [0.15, 0.2) is 0 Å². The molecule has 0 aromatic carbocycles. The average molecular weight is 318 g/mol. The smallest absolute Gasteiger partial charge is 0.320 e. The maximum absolute atomic E-state index is 12.1. The molecule has 0 bridgehead atoms. The van der Waals surface area contributed by atoms with E-state index >= 15 is 0 Å². The SMILES string of the molecule is Cc1cc(N(C)C)nc(N2CCC(N3CCN(C)C3=O)CC2)n1. The first kappa shape index (κ1) is 15.8. The minimum atomic E-state index is 0.171. The molecule has 2 amide bonds. The van der Waals surface area contributed by atoms with Gasteiger partial charge in [0, 0.05) is 65.1 Å². The first-order valence-electron chi connectivity index (χ1n) is 8.25. The molecule has 0 unspecified atom stereocenters. The van der Waals surface area contributed by atoms with Crippen LogP contribution in [0.25, 0.3) is 0 Å². The van der Waals surface area contributed by atoms with Crippen LogP contribution in [-0.4, -0.2) is 79.2 Å². The number of piperidine rings is 1. The number of likely N-dealkylation sites (N-methyl/N-ethyl adjacent to an activating group) is 1. The Morgan fingerprint density at radius 3 is 2.39 bits per heavy atom. The lowest BCUT2D eigenvalue weighted by atomic mass is 10.0. The number of aryl methyl sites for hydroxylation is 1. The fraction of sp³-hybridized carbons (Fsp3) is 0.688. The van der Waals surface area contributed by atoms with E-state index in [1.54, 1.807) is 4.90 Å². The molecule has 126 valence electrons. The van der Waals surface area contributed by atoms with Crippen molar-refractivity contribution >= 4 is 17.8 Å². The molecule has 2 aliphatic heterocycles. The van der Waals surface area contributed by atoms with Crippen LogP contribution in [-0.2, 0) is 0 Å². The Bertz CT molecular complexity index is 582. The van der Waals surface area contributed by atoms with Gasteiger partial charge in [0.1, 0.15) is 5.82 Å². The number of carbonyl (C=O) groups is 1. The first-order chi connectivity index (χ1) is 11.0. The zero-order valence-corrected chi connectivity index (χ0v) is 14.5. The number of urea groups is 1. The maximum Gasteiger partial charge on any atom is 0.320 e. The van der Waals surface area contributed by atoms with Crippen LogP contribution in [0.3, 0.4) is 0 Å². The van der Waals surface area contributed by atoms with E-state index in [1.807, 2.05) is 43.9 Å². The second-order valence-electron chi connectivity index (χ2n) is 6.68. The predicted molar refractivity (Wildman–Crippen MR) is 91.1 cm³/mol. The summed E-state index contributed by atoms with van der Waals surface area (Å²) in [6.45, 7) is 5.49. The molecule has 0 radical (unpaired) electrons. The fourth-order valence-electron chi connectivity index (χ4n) is 3.29. The first-order valence-corrected chi connectivity index (χ1v) is 8.25. The van der Waals surface area contributed by atoms with E-state index in [0.29, 0.717) is 6.04 Å². The van der Waals surface area contributed by atoms with Gasteiger partial charge in [0.2, 0.25) is 5.95 Å². The van der Waals surface area contributed by atoms with Gasteiger partial charge < -0.3 is 19.6 Å². The van der Waals surface area contributed by atoms with Crippen molar-refractivity contribution in [1.82, 2.24) is 19.8 Å². The molecule has 1 aromatic heterocycles. The van der Waals surface area contributed by atoms with Gasteiger partial charge in [-0.05, 0) is 19.8 Å². The van der Waals surface area contributed by atoms with E-state index in [2.05, 4.69) is 14.9 Å². The van der Waals surface area contributed by atoms with Crippen molar-refractivity contribution in [3.8, 4) is 0 Å². The van der Waals surface area contributed by atoms with Gasteiger partial charge in [-0.15, -0.1) is 0 Å². The standard InChI is InChI=1S/C16H26N6O/c1-12-11-14(19(2)3)18-15(17-12)21-7-5-13(6-8-21)22-10-9-20(4)16(22)23/h11,13H,5-10H2,1-4H3. The van der Waals surface area contributed by atoms with Crippen molar-refractivity contribution in [2.45, 2.75) is 25.8 Å². The van der Waals surface area contributed by atoms with Crippen LogP contribution in [0.5, 0.6) is 0 Å². The minimum absolute atomic E-state index is 0.171. The van der Waals surface area contributed by atoms with Crippen LogP contribution < -0.4 is 9.80 Å². The molecule has 0 spiro atoms. The molecule has 2 aliphatic rings. The molecule has 0 N–H and O–H groups in total. The molecule has 2 saturated heterocycles. The van der Waals surface area contributed by atoms with Gasteiger partial charge in [0.05, 0.1) is 0 Å². The molecule has 1 aromatic rings. The predicted octanol–water partition coefficient (Wildman–Crippen LogP) is 1.19. The molecular formula is C16H26N6O. The van der Waals surface area contributed by atoms with Crippen molar-refractivity contribution < 1.29 is 4.79 Å². The Morgan fingerprint density at radius 2 is 1.83 bits per heavy atom. The van der Waals surface area contributed by atoms with Gasteiger partial charge in [-0.25, -0.2) is 9.78 Å². The third-order valence-electron chi connectivity index (χ3n) is 4.72. The Labute approximate surface area is 137 Å². The normalized spacial score (nSPS) is 19.7. The molecule has 0 aliphatic carbocycles. The number of carbonyl (C=O) groups excluding carboxylic acids is 1. The van der Waals surface area contributed by atoms with Gasteiger partial charge in [-0.3, -0.25) is 0 Å². The molecule has 3 rings (SSSR count). The Balaban J connectivity index is 1.66. The quantitative estimate of drug-likeness (QED) is 0.838. The number of hydrogen-bond donors (Lipinski definition) is 0. The molecule has 0 saturated carbocycles. The lowest BCUT2D eigenvalue weighted by molar-refractivity contribution is 0.173. The van der Waals surface area contributed by atoms with Crippen LogP contribution in [0.2, 0.25) is 0 Å². The van der Waals surface area contributed by atoms with E-state index in [0.717, 1.165) is 56.5 Å². The summed E-state index contributed by atoms with van der Waals surface area (Å²) >= 11 is 0. The second kappa shape index (κ2) is 6.22. The highest BCUT2D eigenvalue weighted by atomic mass is 16.2. The summed E-state index contributed by atoms with van der Waals surface area (Å²) in [7, 11) is 5.86. The molecule has 0 atom stereocenters. The third-order valence-corrected chi connectivity index (χ3v) is 4.72. The van der Waals surface area contributed by atoms with Gasteiger partial charge in [0.25, 0.3) is 0 Å². The summed E-state index contributed by atoms with van der Waals surface area (Å²) in [5, 5.41) is 0. The minimum Gasteiger partial charge on any atom is -0.363 e. The Kier molecular flexibility index (Phi) is 4.28. The van der Waals surface area contributed by atoms with Crippen molar-refractivity contribution in [2.75, 3.05) is 57.1 Å². The van der Waals surface area contributed by atoms with Crippen molar-refractivity contribution in [3.63, 3.8) is 0 Å². The van der Waals surface area contributed by atoms with E-state index < -0.39 is 0 Å². The highest BCUT2D eigenvalue weighted by Crippen LogP contribution is 2.24. The van der Waals surface area contributed by atoms with Crippen molar-refractivity contribution in [3.05, 3.63) is 11.8 Å². The highest BCUT2D eigenvalue weighted by molar-refractivity contribution is 5.76. The zero-order valence-electron chi connectivity index (χ0n) is 14.5. The summed E-state index contributed by atoms with van der Waals surface area (Å²) in [4.78, 5) is 29.4.